The maximum Gasteiger partial charge on any atom is 0.323 e. The molecule has 0 aliphatic carbocycles. The lowest BCUT2D eigenvalue weighted by Gasteiger charge is -2.15. The molecular formula is C18H21N3O5. The van der Waals surface area contributed by atoms with Gasteiger partial charge in [0.05, 0.1) is 27.0 Å². The molecule has 0 fully saturated rings. The molecule has 0 aromatic heterocycles. The normalized spacial score (nSPS) is 9.85. The fourth-order valence-corrected chi connectivity index (χ4v) is 2.32. The van der Waals surface area contributed by atoms with Crippen LogP contribution in [-0.4, -0.2) is 33.3 Å². The number of ether oxygens (including phenoxy) is 3. The first-order chi connectivity index (χ1) is 12.5. The van der Waals surface area contributed by atoms with E-state index >= 15 is 0 Å². The standard InChI is InChI=1S/C18H21N3O5/c1-11(22)19-12-6-5-7-13(8-12)20-18(23)21-14-9-15(24-2)17(26-4)16(10-14)25-3/h5-10H,1-4H3,(H,19,22)(H2,20,21,23). The number of benzene rings is 2. The van der Waals surface area contributed by atoms with E-state index < -0.39 is 6.03 Å². The molecule has 0 aliphatic rings. The number of anilines is 3. The van der Waals surface area contributed by atoms with Crippen LogP contribution in [0.15, 0.2) is 36.4 Å². The van der Waals surface area contributed by atoms with E-state index in [-0.39, 0.29) is 5.91 Å². The molecule has 2 rings (SSSR count). The molecule has 3 N–H and O–H groups in total. The average Bonchev–Trinajstić information content (AvgIpc) is 2.60. The summed E-state index contributed by atoms with van der Waals surface area (Å²) < 4.78 is 15.8. The summed E-state index contributed by atoms with van der Waals surface area (Å²) in [6.07, 6.45) is 0. The van der Waals surface area contributed by atoms with Crippen LogP contribution in [0.2, 0.25) is 0 Å². The van der Waals surface area contributed by atoms with Crippen molar-refractivity contribution in [1.82, 2.24) is 0 Å². The number of carbonyl (C=O) groups is 2. The van der Waals surface area contributed by atoms with Gasteiger partial charge in [0.25, 0.3) is 0 Å². The van der Waals surface area contributed by atoms with Gasteiger partial charge < -0.3 is 30.2 Å². The van der Waals surface area contributed by atoms with Crippen molar-refractivity contribution >= 4 is 29.0 Å². The maximum absolute atomic E-state index is 12.2. The van der Waals surface area contributed by atoms with Crippen LogP contribution in [0.25, 0.3) is 0 Å². The van der Waals surface area contributed by atoms with Gasteiger partial charge in [-0.25, -0.2) is 4.79 Å². The van der Waals surface area contributed by atoms with Gasteiger partial charge in [-0.1, -0.05) is 6.07 Å². The van der Waals surface area contributed by atoms with E-state index in [9.17, 15) is 9.59 Å². The molecule has 0 bridgehead atoms. The number of amides is 3. The molecule has 0 radical (unpaired) electrons. The monoisotopic (exact) mass is 359 g/mol. The summed E-state index contributed by atoms with van der Waals surface area (Å²) in [4.78, 5) is 23.4. The van der Waals surface area contributed by atoms with Crippen LogP contribution in [0, 0.1) is 0 Å². The van der Waals surface area contributed by atoms with Gasteiger partial charge in [0, 0.05) is 30.4 Å². The Morgan fingerprint density at radius 1 is 0.769 bits per heavy atom. The van der Waals surface area contributed by atoms with Gasteiger partial charge in [0.1, 0.15) is 0 Å². The third-order valence-electron chi connectivity index (χ3n) is 3.36. The molecule has 26 heavy (non-hydrogen) atoms. The van der Waals surface area contributed by atoms with E-state index in [1.807, 2.05) is 0 Å². The minimum atomic E-state index is -0.459. The third kappa shape index (κ3) is 4.79. The molecule has 0 saturated carbocycles. The van der Waals surface area contributed by atoms with E-state index in [0.29, 0.717) is 34.3 Å². The number of methoxy groups -OCH3 is 3. The van der Waals surface area contributed by atoms with Gasteiger partial charge in [-0.15, -0.1) is 0 Å². The van der Waals surface area contributed by atoms with E-state index in [1.165, 1.54) is 28.3 Å². The number of hydrogen-bond acceptors (Lipinski definition) is 5. The van der Waals surface area contributed by atoms with Crippen LogP contribution in [0.1, 0.15) is 6.92 Å². The Kier molecular flexibility index (Phi) is 6.26. The zero-order valence-corrected chi connectivity index (χ0v) is 15.0. The van der Waals surface area contributed by atoms with E-state index in [0.717, 1.165) is 0 Å². The van der Waals surface area contributed by atoms with Crippen molar-refractivity contribution in [3.63, 3.8) is 0 Å². The number of carbonyl (C=O) groups excluding carboxylic acids is 2. The lowest BCUT2D eigenvalue weighted by atomic mass is 10.2. The second-order valence-electron chi connectivity index (χ2n) is 5.26. The highest BCUT2D eigenvalue weighted by molar-refractivity contribution is 6.00. The molecule has 0 spiro atoms. The van der Waals surface area contributed by atoms with Crippen molar-refractivity contribution in [3.05, 3.63) is 36.4 Å². The first kappa shape index (κ1) is 18.9. The van der Waals surface area contributed by atoms with Crippen LogP contribution >= 0.6 is 0 Å². The molecule has 0 aliphatic heterocycles. The highest BCUT2D eigenvalue weighted by atomic mass is 16.5. The highest BCUT2D eigenvalue weighted by Crippen LogP contribution is 2.39. The topological polar surface area (TPSA) is 97.9 Å². The Labute approximate surface area is 151 Å². The fourth-order valence-electron chi connectivity index (χ4n) is 2.32. The lowest BCUT2D eigenvalue weighted by Crippen LogP contribution is -2.19. The summed E-state index contributed by atoms with van der Waals surface area (Å²) in [6, 6.07) is 9.59. The molecule has 2 aromatic carbocycles. The first-order valence-corrected chi connectivity index (χ1v) is 7.72. The van der Waals surface area contributed by atoms with E-state index in [4.69, 9.17) is 14.2 Å². The molecule has 8 nitrogen and oxygen atoms in total. The second kappa shape index (κ2) is 8.61. The van der Waals surface area contributed by atoms with E-state index in [2.05, 4.69) is 16.0 Å². The molecule has 3 amide bonds. The zero-order chi connectivity index (χ0) is 19.1. The predicted octanol–water partition coefficient (Wildman–Crippen LogP) is 3.31. The number of rotatable bonds is 6. The summed E-state index contributed by atoms with van der Waals surface area (Å²) in [5.41, 5.74) is 1.58. The largest absolute Gasteiger partial charge is 0.493 e. The van der Waals surface area contributed by atoms with Gasteiger partial charge in [-0.2, -0.15) is 0 Å². The SMILES string of the molecule is COc1cc(NC(=O)Nc2cccc(NC(C)=O)c2)cc(OC)c1OC. The lowest BCUT2D eigenvalue weighted by molar-refractivity contribution is -0.114. The minimum Gasteiger partial charge on any atom is -0.493 e. The average molecular weight is 359 g/mol. The van der Waals surface area contributed by atoms with Crippen molar-refractivity contribution in [2.24, 2.45) is 0 Å². The molecular weight excluding hydrogens is 338 g/mol. The first-order valence-electron chi connectivity index (χ1n) is 7.72. The smallest absolute Gasteiger partial charge is 0.323 e. The van der Waals surface area contributed by atoms with Crippen LogP contribution in [0.4, 0.5) is 21.9 Å². The molecule has 0 saturated heterocycles. The van der Waals surface area contributed by atoms with Gasteiger partial charge in [-0.3, -0.25) is 4.79 Å². The summed E-state index contributed by atoms with van der Waals surface area (Å²) in [6.45, 7) is 1.41. The Morgan fingerprint density at radius 2 is 1.31 bits per heavy atom. The number of urea groups is 1. The van der Waals surface area contributed by atoms with Crippen LogP contribution < -0.4 is 30.2 Å². The molecule has 0 heterocycles. The Morgan fingerprint density at radius 3 is 1.81 bits per heavy atom. The van der Waals surface area contributed by atoms with Crippen molar-refractivity contribution in [1.29, 1.82) is 0 Å². The van der Waals surface area contributed by atoms with Crippen LogP contribution in [0.5, 0.6) is 17.2 Å². The Hall–Kier alpha value is -3.42. The highest BCUT2D eigenvalue weighted by Gasteiger charge is 2.14. The summed E-state index contributed by atoms with van der Waals surface area (Å²) in [5, 5.41) is 8.05. The van der Waals surface area contributed by atoms with Crippen molar-refractivity contribution < 1.29 is 23.8 Å². The Bertz CT molecular complexity index is 782. The van der Waals surface area contributed by atoms with Gasteiger partial charge in [0.2, 0.25) is 11.7 Å². The maximum atomic E-state index is 12.2. The molecule has 138 valence electrons. The fraction of sp³-hybridized carbons (Fsp3) is 0.222. The quantitative estimate of drug-likeness (QED) is 0.735. The zero-order valence-electron chi connectivity index (χ0n) is 15.0. The Balaban J connectivity index is 2.14. The summed E-state index contributed by atoms with van der Waals surface area (Å²) in [5.74, 6) is 1.10. The van der Waals surface area contributed by atoms with Gasteiger partial charge in [0.15, 0.2) is 11.5 Å². The van der Waals surface area contributed by atoms with Crippen molar-refractivity contribution in [2.75, 3.05) is 37.3 Å². The minimum absolute atomic E-state index is 0.191. The second-order valence-corrected chi connectivity index (χ2v) is 5.26. The molecule has 0 atom stereocenters. The third-order valence-corrected chi connectivity index (χ3v) is 3.36. The molecule has 0 unspecified atom stereocenters. The number of hydrogen-bond donors (Lipinski definition) is 3. The van der Waals surface area contributed by atoms with E-state index in [1.54, 1.807) is 36.4 Å². The van der Waals surface area contributed by atoms with Crippen molar-refractivity contribution in [3.8, 4) is 17.2 Å². The van der Waals surface area contributed by atoms with Crippen LogP contribution in [0.3, 0.4) is 0 Å². The van der Waals surface area contributed by atoms with Crippen LogP contribution in [-0.2, 0) is 4.79 Å². The molecule has 8 heteroatoms. The summed E-state index contributed by atoms with van der Waals surface area (Å²) >= 11 is 0. The molecule has 2 aromatic rings. The summed E-state index contributed by atoms with van der Waals surface area (Å²) in [7, 11) is 4.49. The predicted molar refractivity (Wildman–Crippen MR) is 99.5 cm³/mol. The number of nitrogens with one attached hydrogen (secondary N) is 3. The van der Waals surface area contributed by atoms with Crippen molar-refractivity contribution in [2.45, 2.75) is 6.92 Å². The van der Waals surface area contributed by atoms with Gasteiger partial charge in [-0.05, 0) is 18.2 Å². The van der Waals surface area contributed by atoms with Gasteiger partial charge >= 0.3 is 6.03 Å².